The van der Waals surface area contributed by atoms with Gasteiger partial charge in [-0.3, -0.25) is 0 Å². The summed E-state index contributed by atoms with van der Waals surface area (Å²) in [6.07, 6.45) is -0.424. The molecule has 9 heteroatoms. The first-order valence-corrected chi connectivity index (χ1v) is 8.42. The average Bonchev–Trinajstić information content (AvgIpc) is 2.43. The molecule has 0 bridgehead atoms. The highest BCUT2D eigenvalue weighted by Crippen LogP contribution is 2.18. The molecule has 7 nitrogen and oxygen atoms in total. The number of nitrogens with one attached hydrogen (secondary N) is 1. The maximum atomic E-state index is 12.1. The van der Waals surface area contributed by atoms with Gasteiger partial charge in [-0.15, -0.1) is 0 Å². The van der Waals surface area contributed by atoms with Crippen molar-refractivity contribution in [3.8, 4) is 0 Å². The fraction of sp³-hybridized carbons (Fsp3) is 0.417. The van der Waals surface area contributed by atoms with Crippen LogP contribution in [0, 0.1) is 3.57 Å². The molecule has 0 heterocycles. The summed E-state index contributed by atoms with van der Waals surface area (Å²) in [7, 11) is -0.874. The SMILES string of the molecule is COCC(CNS(=O)(=O)c1ccc(I)c(C(=O)O)c1)OC. The lowest BCUT2D eigenvalue weighted by molar-refractivity contribution is 0.0320. The van der Waals surface area contributed by atoms with E-state index in [1.165, 1.54) is 26.4 Å². The van der Waals surface area contributed by atoms with Crippen LogP contribution in [0.15, 0.2) is 23.1 Å². The maximum Gasteiger partial charge on any atom is 0.336 e. The van der Waals surface area contributed by atoms with Gasteiger partial charge in [0.05, 0.1) is 23.2 Å². The minimum absolute atomic E-state index is 0.0288. The van der Waals surface area contributed by atoms with Gasteiger partial charge < -0.3 is 14.6 Å². The second-order valence-electron chi connectivity index (χ2n) is 4.11. The molecule has 0 saturated heterocycles. The lowest BCUT2D eigenvalue weighted by atomic mass is 10.2. The van der Waals surface area contributed by atoms with Crippen molar-refractivity contribution < 1.29 is 27.8 Å². The molecule has 0 aromatic heterocycles. The van der Waals surface area contributed by atoms with Crippen molar-refractivity contribution in [1.29, 1.82) is 0 Å². The smallest absolute Gasteiger partial charge is 0.336 e. The first-order valence-electron chi connectivity index (χ1n) is 5.86. The van der Waals surface area contributed by atoms with E-state index in [0.717, 1.165) is 6.07 Å². The third kappa shape index (κ3) is 5.18. The van der Waals surface area contributed by atoms with E-state index in [4.69, 9.17) is 14.6 Å². The van der Waals surface area contributed by atoms with Gasteiger partial charge >= 0.3 is 5.97 Å². The van der Waals surface area contributed by atoms with Crippen molar-refractivity contribution in [3.05, 3.63) is 27.3 Å². The number of methoxy groups -OCH3 is 2. The zero-order valence-electron chi connectivity index (χ0n) is 11.5. The summed E-state index contributed by atoms with van der Waals surface area (Å²) in [5.74, 6) is -1.18. The quantitative estimate of drug-likeness (QED) is 0.597. The molecule has 21 heavy (non-hydrogen) atoms. The number of carboxylic acid groups (broad SMARTS) is 1. The third-order valence-electron chi connectivity index (χ3n) is 2.67. The topological polar surface area (TPSA) is 102 Å². The molecule has 0 aliphatic carbocycles. The monoisotopic (exact) mass is 429 g/mol. The van der Waals surface area contributed by atoms with Gasteiger partial charge in [0.2, 0.25) is 10.0 Å². The van der Waals surface area contributed by atoms with Crippen molar-refractivity contribution >= 4 is 38.6 Å². The molecule has 1 aromatic carbocycles. The summed E-state index contributed by atoms with van der Waals surface area (Å²) >= 11 is 1.84. The van der Waals surface area contributed by atoms with Crippen LogP contribution in [0.4, 0.5) is 0 Å². The molecule has 0 aliphatic rings. The largest absolute Gasteiger partial charge is 0.478 e. The highest BCUT2D eigenvalue weighted by atomic mass is 127. The van der Waals surface area contributed by atoms with E-state index in [0.29, 0.717) is 3.57 Å². The fourth-order valence-corrected chi connectivity index (χ4v) is 3.18. The molecular weight excluding hydrogens is 413 g/mol. The summed E-state index contributed by atoms with van der Waals surface area (Å²) in [5, 5.41) is 9.03. The van der Waals surface area contributed by atoms with Crippen LogP contribution in [-0.4, -0.2) is 53.0 Å². The van der Waals surface area contributed by atoms with Crippen LogP contribution in [-0.2, 0) is 19.5 Å². The standard InChI is InChI=1S/C12H16INO6S/c1-19-7-8(20-2)6-14-21(17,18)9-3-4-11(13)10(5-9)12(15)16/h3-5,8,14H,6-7H2,1-2H3,(H,15,16). The van der Waals surface area contributed by atoms with E-state index >= 15 is 0 Å². The van der Waals surface area contributed by atoms with Crippen LogP contribution >= 0.6 is 22.6 Å². The summed E-state index contributed by atoms with van der Waals surface area (Å²) in [6.45, 7) is 0.271. The molecular formula is C12H16INO6S. The lowest BCUT2D eigenvalue weighted by Gasteiger charge is -2.15. The van der Waals surface area contributed by atoms with E-state index in [9.17, 15) is 13.2 Å². The van der Waals surface area contributed by atoms with Gasteiger partial charge in [-0.2, -0.15) is 0 Å². The molecule has 0 spiro atoms. The molecule has 0 aliphatic heterocycles. The summed E-state index contributed by atoms with van der Waals surface area (Å²) in [6, 6.07) is 3.93. The Morgan fingerprint density at radius 3 is 2.62 bits per heavy atom. The Bertz CT molecular complexity index is 604. The lowest BCUT2D eigenvalue weighted by Crippen LogP contribution is -2.35. The molecule has 2 N–H and O–H groups in total. The van der Waals surface area contributed by atoms with Crippen molar-refractivity contribution in [1.82, 2.24) is 4.72 Å². The first kappa shape index (κ1) is 18.3. The minimum atomic E-state index is -3.81. The van der Waals surface area contributed by atoms with Gasteiger partial charge in [-0.1, -0.05) is 0 Å². The molecule has 0 saturated carbocycles. The van der Waals surface area contributed by atoms with Gasteiger partial charge in [0.25, 0.3) is 0 Å². The predicted molar refractivity (Wildman–Crippen MR) is 84.0 cm³/mol. The minimum Gasteiger partial charge on any atom is -0.478 e. The summed E-state index contributed by atoms with van der Waals surface area (Å²) in [4.78, 5) is 10.9. The van der Waals surface area contributed by atoms with Gasteiger partial charge in [0, 0.05) is 24.3 Å². The number of aromatic carboxylic acids is 1. The van der Waals surface area contributed by atoms with Gasteiger partial charge in [0.15, 0.2) is 0 Å². The van der Waals surface area contributed by atoms with Gasteiger partial charge in [-0.25, -0.2) is 17.9 Å². The number of sulfonamides is 1. The molecule has 0 amide bonds. The number of ether oxygens (including phenoxy) is 2. The number of halogens is 1. The average molecular weight is 429 g/mol. The second kappa shape index (κ2) is 8.03. The first-order chi connectivity index (χ1) is 9.81. The Morgan fingerprint density at radius 2 is 2.10 bits per heavy atom. The predicted octanol–water partition coefficient (Wildman–Crippen LogP) is 0.929. The van der Waals surface area contributed by atoms with Crippen LogP contribution in [0.2, 0.25) is 0 Å². The van der Waals surface area contributed by atoms with Crippen molar-refractivity contribution in [2.24, 2.45) is 0 Å². The Balaban J connectivity index is 2.93. The van der Waals surface area contributed by atoms with Gasteiger partial charge in [-0.05, 0) is 40.8 Å². The number of carbonyl (C=O) groups is 1. The van der Waals surface area contributed by atoms with E-state index < -0.39 is 22.1 Å². The second-order valence-corrected chi connectivity index (χ2v) is 7.04. The van der Waals surface area contributed by atoms with Crippen LogP contribution in [0.25, 0.3) is 0 Å². The van der Waals surface area contributed by atoms with E-state index in [1.54, 1.807) is 0 Å². The molecule has 0 radical (unpaired) electrons. The number of hydrogen-bond donors (Lipinski definition) is 2. The number of rotatable bonds is 8. The highest BCUT2D eigenvalue weighted by molar-refractivity contribution is 14.1. The number of benzene rings is 1. The molecule has 1 aromatic rings. The van der Waals surface area contributed by atoms with Crippen molar-refractivity contribution in [3.63, 3.8) is 0 Å². The van der Waals surface area contributed by atoms with E-state index in [-0.39, 0.29) is 23.6 Å². The van der Waals surface area contributed by atoms with Crippen LogP contribution < -0.4 is 4.72 Å². The number of carboxylic acids is 1. The summed E-state index contributed by atoms with van der Waals surface area (Å²) < 4.78 is 37.1. The maximum absolute atomic E-state index is 12.1. The number of hydrogen-bond acceptors (Lipinski definition) is 5. The summed E-state index contributed by atoms with van der Waals surface area (Å²) in [5.41, 5.74) is -0.0568. The third-order valence-corrected chi connectivity index (χ3v) is 5.03. The van der Waals surface area contributed by atoms with E-state index in [2.05, 4.69) is 4.72 Å². The van der Waals surface area contributed by atoms with Crippen LogP contribution in [0.3, 0.4) is 0 Å². The Labute approximate surface area is 136 Å². The Morgan fingerprint density at radius 1 is 1.43 bits per heavy atom. The zero-order valence-corrected chi connectivity index (χ0v) is 14.5. The highest BCUT2D eigenvalue weighted by Gasteiger charge is 2.19. The Kier molecular flexibility index (Phi) is 7.00. The Hall–Kier alpha value is -0.750. The van der Waals surface area contributed by atoms with Crippen LogP contribution in [0.1, 0.15) is 10.4 Å². The van der Waals surface area contributed by atoms with Gasteiger partial charge in [0.1, 0.15) is 0 Å². The van der Waals surface area contributed by atoms with Crippen molar-refractivity contribution in [2.75, 3.05) is 27.4 Å². The fourth-order valence-electron chi connectivity index (χ4n) is 1.52. The molecule has 1 unspecified atom stereocenters. The molecule has 1 atom stereocenters. The van der Waals surface area contributed by atoms with Crippen LogP contribution in [0.5, 0.6) is 0 Å². The molecule has 118 valence electrons. The van der Waals surface area contributed by atoms with E-state index in [1.807, 2.05) is 22.6 Å². The van der Waals surface area contributed by atoms with Crippen molar-refractivity contribution in [2.45, 2.75) is 11.0 Å². The molecule has 0 fully saturated rings. The normalized spacial score (nSPS) is 13.1. The molecule has 1 rings (SSSR count). The zero-order chi connectivity index (χ0) is 16.0.